The summed E-state index contributed by atoms with van der Waals surface area (Å²) < 4.78 is 5.63. The molecule has 1 aromatic heterocycles. The predicted molar refractivity (Wildman–Crippen MR) is 97.6 cm³/mol. The van der Waals surface area contributed by atoms with Crippen molar-refractivity contribution in [2.24, 2.45) is 5.41 Å². The summed E-state index contributed by atoms with van der Waals surface area (Å²) in [6.45, 7) is 6.01. The second kappa shape index (κ2) is 6.41. The van der Waals surface area contributed by atoms with Gasteiger partial charge in [0, 0.05) is 29.6 Å². The number of aromatic nitrogens is 1. The van der Waals surface area contributed by atoms with Crippen LogP contribution in [0.3, 0.4) is 0 Å². The lowest BCUT2D eigenvalue weighted by Gasteiger charge is -2.39. The maximum absolute atomic E-state index is 13.0. The van der Waals surface area contributed by atoms with Gasteiger partial charge in [-0.3, -0.25) is 4.79 Å². The SMILES string of the molecule is COC(=O)C1=C(C)NC2=C(C(=O)CC(C)(C)C2)C1c1cccnc1Br. The summed E-state index contributed by atoms with van der Waals surface area (Å²) >= 11 is 3.47. The fourth-order valence-electron chi connectivity index (χ4n) is 3.74. The average molecular weight is 405 g/mol. The number of Topliss-reactive ketones (excluding diaryl/α,β-unsaturated/α-hetero) is 1. The number of carbonyl (C=O) groups is 2. The Morgan fingerprint density at radius 1 is 1.40 bits per heavy atom. The molecule has 2 heterocycles. The predicted octanol–water partition coefficient (Wildman–Crippen LogP) is 3.62. The molecular weight excluding hydrogens is 384 g/mol. The summed E-state index contributed by atoms with van der Waals surface area (Å²) in [4.78, 5) is 29.8. The zero-order valence-electron chi connectivity index (χ0n) is 14.8. The molecule has 0 amide bonds. The van der Waals surface area contributed by atoms with Crippen molar-refractivity contribution in [3.05, 3.63) is 51.0 Å². The van der Waals surface area contributed by atoms with E-state index in [1.807, 2.05) is 19.1 Å². The number of hydrogen-bond donors (Lipinski definition) is 1. The van der Waals surface area contributed by atoms with Crippen LogP contribution in [0, 0.1) is 5.41 Å². The van der Waals surface area contributed by atoms with Crippen LogP contribution in [0.5, 0.6) is 0 Å². The largest absolute Gasteiger partial charge is 0.466 e. The van der Waals surface area contributed by atoms with Crippen molar-refractivity contribution in [2.45, 2.75) is 39.5 Å². The van der Waals surface area contributed by atoms with Gasteiger partial charge in [0.05, 0.1) is 18.6 Å². The Kier molecular flexibility index (Phi) is 4.58. The van der Waals surface area contributed by atoms with E-state index in [-0.39, 0.29) is 11.2 Å². The van der Waals surface area contributed by atoms with Crippen molar-refractivity contribution >= 4 is 27.7 Å². The first-order chi connectivity index (χ1) is 11.7. The van der Waals surface area contributed by atoms with Crippen LogP contribution in [0.2, 0.25) is 0 Å². The number of hydrogen-bond acceptors (Lipinski definition) is 5. The molecule has 1 aliphatic heterocycles. The molecule has 132 valence electrons. The Balaban J connectivity index is 2.24. The Labute approximate surface area is 155 Å². The molecular formula is C19H21BrN2O3. The van der Waals surface area contributed by atoms with Gasteiger partial charge < -0.3 is 10.1 Å². The second-order valence-electron chi connectivity index (χ2n) is 7.30. The quantitative estimate of drug-likeness (QED) is 0.601. The number of rotatable bonds is 2. The molecule has 0 radical (unpaired) electrons. The van der Waals surface area contributed by atoms with E-state index in [1.54, 1.807) is 6.20 Å². The highest BCUT2D eigenvalue weighted by atomic mass is 79.9. The fraction of sp³-hybridized carbons (Fsp3) is 0.421. The Hall–Kier alpha value is -1.95. The zero-order valence-corrected chi connectivity index (χ0v) is 16.4. The molecule has 1 unspecified atom stereocenters. The first-order valence-corrected chi connectivity index (χ1v) is 8.97. The number of ketones is 1. The van der Waals surface area contributed by atoms with Crippen LogP contribution >= 0.6 is 15.9 Å². The van der Waals surface area contributed by atoms with Crippen molar-refractivity contribution in [3.63, 3.8) is 0 Å². The molecule has 0 spiro atoms. The highest BCUT2D eigenvalue weighted by Gasteiger charge is 2.43. The van der Waals surface area contributed by atoms with Gasteiger partial charge in [-0.1, -0.05) is 19.9 Å². The Morgan fingerprint density at radius 2 is 2.12 bits per heavy atom. The number of nitrogens with one attached hydrogen (secondary N) is 1. The van der Waals surface area contributed by atoms with Gasteiger partial charge in [0.15, 0.2) is 5.78 Å². The van der Waals surface area contributed by atoms with E-state index >= 15 is 0 Å². The highest BCUT2D eigenvalue weighted by Crippen LogP contribution is 2.47. The number of allylic oxidation sites excluding steroid dienone is 3. The van der Waals surface area contributed by atoms with Crippen LogP contribution in [-0.4, -0.2) is 23.8 Å². The number of pyridine rings is 1. The van der Waals surface area contributed by atoms with E-state index in [1.165, 1.54) is 7.11 Å². The van der Waals surface area contributed by atoms with Gasteiger partial charge in [0.2, 0.25) is 0 Å². The molecule has 25 heavy (non-hydrogen) atoms. The molecule has 5 nitrogen and oxygen atoms in total. The van der Waals surface area contributed by atoms with Crippen molar-refractivity contribution in [1.29, 1.82) is 0 Å². The number of dihydropyridines is 1. The summed E-state index contributed by atoms with van der Waals surface area (Å²) in [5, 5.41) is 3.29. The lowest BCUT2D eigenvalue weighted by molar-refractivity contribution is -0.136. The maximum atomic E-state index is 13.0. The molecule has 3 rings (SSSR count). The summed E-state index contributed by atoms with van der Waals surface area (Å²) in [5.41, 5.74) is 3.42. The number of methoxy groups -OCH3 is 1. The molecule has 1 aromatic rings. The normalized spacial score (nSPS) is 22.4. The lowest BCUT2D eigenvalue weighted by atomic mass is 9.69. The number of ether oxygens (including phenoxy) is 1. The smallest absolute Gasteiger partial charge is 0.336 e. The van der Waals surface area contributed by atoms with E-state index < -0.39 is 11.9 Å². The first kappa shape index (κ1) is 17.9. The van der Waals surface area contributed by atoms with Crippen molar-refractivity contribution < 1.29 is 14.3 Å². The third-order valence-corrected chi connectivity index (χ3v) is 5.41. The fourth-order valence-corrected chi connectivity index (χ4v) is 4.22. The number of halogens is 1. The van der Waals surface area contributed by atoms with Gasteiger partial charge in [-0.15, -0.1) is 0 Å². The molecule has 6 heteroatoms. The molecule has 0 saturated carbocycles. The van der Waals surface area contributed by atoms with E-state index in [2.05, 4.69) is 40.1 Å². The summed E-state index contributed by atoms with van der Waals surface area (Å²) in [6, 6.07) is 3.70. The molecule has 0 saturated heterocycles. The topological polar surface area (TPSA) is 68.3 Å². The molecule has 0 bridgehead atoms. The van der Waals surface area contributed by atoms with Crippen LogP contribution in [0.15, 0.2) is 45.5 Å². The zero-order chi connectivity index (χ0) is 18.4. The van der Waals surface area contributed by atoms with Crippen LogP contribution < -0.4 is 5.32 Å². The summed E-state index contributed by atoms with van der Waals surface area (Å²) in [5.74, 6) is -0.848. The summed E-state index contributed by atoms with van der Waals surface area (Å²) in [7, 11) is 1.35. The third kappa shape index (κ3) is 3.15. The van der Waals surface area contributed by atoms with Gasteiger partial charge in [0.25, 0.3) is 0 Å². The molecule has 1 N–H and O–H groups in total. The van der Waals surface area contributed by atoms with Gasteiger partial charge >= 0.3 is 5.97 Å². The molecule has 1 atom stereocenters. The van der Waals surface area contributed by atoms with E-state index in [0.717, 1.165) is 23.4 Å². The number of esters is 1. The van der Waals surface area contributed by atoms with E-state index in [4.69, 9.17) is 4.74 Å². The van der Waals surface area contributed by atoms with Gasteiger partial charge in [-0.2, -0.15) is 0 Å². The van der Waals surface area contributed by atoms with Crippen LogP contribution in [0.4, 0.5) is 0 Å². The minimum Gasteiger partial charge on any atom is -0.466 e. The van der Waals surface area contributed by atoms with Crippen molar-refractivity contribution in [3.8, 4) is 0 Å². The standard InChI is InChI=1S/C19H21BrN2O3/c1-10-14(18(24)25-4)15(11-6-5-7-21-17(11)20)16-12(22-10)8-19(2,3)9-13(16)23/h5-7,15,22H,8-9H2,1-4H3. The molecule has 0 fully saturated rings. The van der Waals surface area contributed by atoms with Gasteiger partial charge in [0.1, 0.15) is 4.60 Å². The molecule has 2 aliphatic rings. The Morgan fingerprint density at radius 3 is 2.76 bits per heavy atom. The number of nitrogens with zero attached hydrogens (tertiary/aromatic N) is 1. The van der Waals surface area contributed by atoms with Gasteiger partial charge in [-0.05, 0) is 46.3 Å². The van der Waals surface area contributed by atoms with Crippen LogP contribution in [-0.2, 0) is 14.3 Å². The Bertz CT molecular complexity index is 824. The highest BCUT2D eigenvalue weighted by molar-refractivity contribution is 9.10. The minimum absolute atomic E-state index is 0.0633. The maximum Gasteiger partial charge on any atom is 0.336 e. The molecule has 0 aromatic carbocycles. The van der Waals surface area contributed by atoms with E-state index in [0.29, 0.717) is 22.2 Å². The molecule has 1 aliphatic carbocycles. The van der Waals surface area contributed by atoms with Crippen LogP contribution in [0.25, 0.3) is 0 Å². The first-order valence-electron chi connectivity index (χ1n) is 8.18. The monoisotopic (exact) mass is 404 g/mol. The summed E-state index contributed by atoms with van der Waals surface area (Å²) in [6.07, 6.45) is 2.88. The van der Waals surface area contributed by atoms with E-state index in [9.17, 15) is 9.59 Å². The average Bonchev–Trinajstić information content (AvgIpc) is 2.52. The number of carbonyl (C=O) groups excluding carboxylic acids is 2. The third-order valence-electron chi connectivity index (χ3n) is 4.74. The lowest BCUT2D eigenvalue weighted by Crippen LogP contribution is -2.38. The van der Waals surface area contributed by atoms with Crippen molar-refractivity contribution in [2.75, 3.05) is 7.11 Å². The van der Waals surface area contributed by atoms with Crippen LogP contribution in [0.1, 0.15) is 45.1 Å². The second-order valence-corrected chi connectivity index (χ2v) is 8.06. The van der Waals surface area contributed by atoms with Crippen molar-refractivity contribution in [1.82, 2.24) is 10.3 Å². The minimum atomic E-state index is -0.477. The van der Waals surface area contributed by atoms with Gasteiger partial charge in [-0.25, -0.2) is 9.78 Å².